The largest absolute Gasteiger partial charge is 0.406 e. The second-order valence-corrected chi connectivity index (χ2v) is 6.90. The van der Waals surface area contributed by atoms with Crippen LogP contribution in [0.1, 0.15) is 33.1 Å². The third-order valence-electron chi connectivity index (χ3n) is 4.18. The fourth-order valence-corrected chi connectivity index (χ4v) is 2.98. The highest BCUT2D eigenvalue weighted by atomic mass is 35.5. The van der Waals surface area contributed by atoms with Gasteiger partial charge in [-0.2, -0.15) is 13.2 Å². The normalized spacial score (nSPS) is 17.0. The molecule has 0 bridgehead atoms. The summed E-state index contributed by atoms with van der Waals surface area (Å²) in [4.78, 5) is 15.2. The van der Waals surface area contributed by atoms with E-state index in [0.29, 0.717) is 5.92 Å². The number of rotatable bonds is 8. The van der Waals surface area contributed by atoms with Gasteiger partial charge in [-0.15, -0.1) is 12.4 Å². The van der Waals surface area contributed by atoms with Crippen LogP contribution in [0.4, 0.5) is 13.2 Å². The molecule has 8 heteroatoms. The van der Waals surface area contributed by atoms with Crippen molar-refractivity contribution in [2.45, 2.75) is 39.3 Å². The van der Waals surface area contributed by atoms with E-state index in [1.165, 1.54) is 0 Å². The van der Waals surface area contributed by atoms with Crippen molar-refractivity contribution < 1.29 is 18.0 Å². The Morgan fingerprint density at radius 1 is 1.29 bits per heavy atom. The molecule has 1 heterocycles. The van der Waals surface area contributed by atoms with Gasteiger partial charge in [0, 0.05) is 6.54 Å². The van der Waals surface area contributed by atoms with Gasteiger partial charge in [-0.05, 0) is 57.8 Å². The lowest BCUT2D eigenvalue weighted by molar-refractivity contribution is -0.163. The van der Waals surface area contributed by atoms with Crippen LogP contribution in [0.2, 0.25) is 0 Å². The Morgan fingerprint density at radius 2 is 1.88 bits per heavy atom. The number of piperidine rings is 1. The van der Waals surface area contributed by atoms with E-state index in [-0.39, 0.29) is 31.4 Å². The first-order chi connectivity index (χ1) is 10.7. The average Bonchev–Trinajstić information content (AvgIpc) is 2.44. The quantitative estimate of drug-likeness (QED) is 0.710. The number of nitrogens with zero attached hydrogens (tertiary/aromatic N) is 2. The summed E-state index contributed by atoms with van der Waals surface area (Å²) >= 11 is 0. The molecule has 1 rings (SSSR count). The number of likely N-dealkylation sites (tertiary alicyclic amines) is 1. The summed E-state index contributed by atoms with van der Waals surface area (Å²) in [6.45, 7) is 5.32. The summed E-state index contributed by atoms with van der Waals surface area (Å²) in [6, 6.07) is 0. The number of alkyl halides is 3. The van der Waals surface area contributed by atoms with Crippen molar-refractivity contribution in [2.75, 3.05) is 46.3 Å². The van der Waals surface area contributed by atoms with Gasteiger partial charge < -0.3 is 10.2 Å². The van der Waals surface area contributed by atoms with Crippen LogP contribution in [0.25, 0.3) is 0 Å². The van der Waals surface area contributed by atoms with E-state index in [9.17, 15) is 18.0 Å². The molecule has 0 saturated carbocycles. The number of hydrogen-bond donors (Lipinski definition) is 1. The molecule has 0 aromatic carbocycles. The fourth-order valence-electron chi connectivity index (χ4n) is 2.98. The van der Waals surface area contributed by atoms with Gasteiger partial charge in [-0.1, -0.05) is 13.8 Å². The Labute approximate surface area is 149 Å². The van der Waals surface area contributed by atoms with Crippen molar-refractivity contribution in [3.63, 3.8) is 0 Å². The molecule has 1 saturated heterocycles. The molecule has 0 aromatic rings. The van der Waals surface area contributed by atoms with Crippen LogP contribution in [-0.4, -0.2) is 68.2 Å². The zero-order valence-corrected chi connectivity index (χ0v) is 15.7. The molecule has 0 radical (unpaired) electrons. The van der Waals surface area contributed by atoms with Crippen LogP contribution < -0.4 is 5.32 Å². The fraction of sp³-hybridized carbons (Fsp3) is 0.938. The molecule has 1 N–H and O–H groups in total. The molecular weight excluding hydrogens is 343 g/mol. The topological polar surface area (TPSA) is 35.6 Å². The lowest BCUT2D eigenvalue weighted by Crippen LogP contribution is -2.47. The Hall–Kier alpha value is -0.530. The lowest BCUT2D eigenvalue weighted by Gasteiger charge is -2.33. The minimum absolute atomic E-state index is 0. The van der Waals surface area contributed by atoms with Crippen LogP contribution in [0.15, 0.2) is 0 Å². The van der Waals surface area contributed by atoms with Crippen molar-refractivity contribution in [3.8, 4) is 0 Å². The van der Waals surface area contributed by atoms with E-state index < -0.39 is 18.6 Å². The molecule has 0 aromatic heterocycles. The Balaban J connectivity index is 0.00000529. The van der Waals surface area contributed by atoms with Gasteiger partial charge in [0.05, 0.1) is 6.54 Å². The van der Waals surface area contributed by atoms with E-state index >= 15 is 0 Å². The van der Waals surface area contributed by atoms with E-state index in [0.717, 1.165) is 43.8 Å². The zero-order chi connectivity index (χ0) is 17.5. The number of halogens is 4. The molecule has 24 heavy (non-hydrogen) atoms. The standard InChI is InChI=1S/C16H30F3N3O.ClH/c1-13(2)10-22(12-16(17,18)19)15(23)11-21-8-5-14(6-9-21)4-7-20-3;/h13-14,20H,4-12H2,1-3H3;1H. The van der Waals surface area contributed by atoms with Crippen LogP contribution in [0.3, 0.4) is 0 Å². The van der Waals surface area contributed by atoms with Crippen LogP contribution in [0.5, 0.6) is 0 Å². The van der Waals surface area contributed by atoms with Crippen molar-refractivity contribution in [2.24, 2.45) is 11.8 Å². The maximum absolute atomic E-state index is 12.7. The second-order valence-electron chi connectivity index (χ2n) is 6.90. The molecule has 0 spiro atoms. The summed E-state index contributed by atoms with van der Waals surface area (Å²) in [5, 5.41) is 3.13. The van der Waals surface area contributed by atoms with Gasteiger partial charge >= 0.3 is 6.18 Å². The molecule has 1 aliphatic rings. The Morgan fingerprint density at radius 3 is 2.33 bits per heavy atom. The summed E-state index contributed by atoms with van der Waals surface area (Å²) in [7, 11) is 1.93. The smallest absolute Gasteiger partial charge is 0.332 e. The minimum Gasteiger partial charge on any atom is -0.332 e. The molecule has 1 aliphatic heterocycles. The molecule has 0 unspecified atom stereocenters. The van der Waals surface area contributed by atoms with Gasteiger partial charge in [-0.3, -0.25) is 9.69 Å². The van der Waals surface area contributed by atoms with Crippen molar-refractivity contribution in [1.82, 2.24) is 15.1 Å². The number of amides is 1. The SMILES string of the molecule is CNCCC1CCN(CC(=O)N(CC(C)C)CC(F)(F)F)CC1.Cl. The number of carbonyl (C=O) groups excluding carboxylic acids is 1. The highest BCUT2D eigenvalue weighted by Crippen LogP contribution is 2.21. The van der Waals surface area contributed by atoms with Crippen LogP contribution in [-0.2, 0) is 4.79 Å². The van der Waals surface area contributed by atoms with E-state index in [4.69, 9.17) is 0 Å². The minimum atomic E-state index is -4.34. The number of nitrogens with one attached hydrogen (secondary N) is 1. The summed E-state index contributed by atoms with van der Waals surface area (Å²) in [5.41, 5.74) is 0. The monoisotopic (exact) mass is 373 g/mol. The molecule has 144 valence electrons. The predicted octanol–water partition coefficient (Wildman–Crippen LogP) is 2.78. The molecular formula is C16H31ClF3N3O. The highest BCUT2D eigenvalue weighted by Gasteiger charge is 2.34. The maximum Gasteiger partial charge on any atom is 0.406 e. The first-order valence-electron chi connectivity index (χ1n) is 8.42. The molecule has 1 amide bonds. The number of hydrogen-bond acceptors (Lipinski definition) is 3. The average molecular weight is 374 g/mol. The Bertz CT molecular complexity index is 359. The van der Waals surface area contributed by atoms with E-state index in [2.05, 4.69) is 5.32 Å². The first-order valence-corrected chi connectivity index (χ1v) is 8.42. The van der Waals surface area contributed by atoms with Crippen molar-refractivity contribution in [3.05, 3.63) is 0 Å². The van der Waals surface area contributed by atoms with Gasteiger partial charge in [0.1, 0.15) is 6.54 Å². The molecule has 0 aliphatic carbocycles. The summed E-state index contributed by atoms with van der Waals surface area (Å²) < 4.78 is 38.0. The molecule has 4 nitrogen and oxygen atoms in total. The lowest BCUT2D eigenvalue weighted by atomic mass is 9.93. The molecule has 1 fully saturated rings. The summed E-state index contributed by atoms with van der Waals surface area (Å²) in [6.07, 6.45) is -1.20. The third kappa shape index (κ3) is 9.69. The van der Waals surface area contributed by atoms with Crippen molar-refractivity contribution in [1.29, 1.82) is 0 Å². The first kappa shape index (κ1) is 23.5. The van der Waals surface area contributed by atoms with Gasteiger partial charge in [-0.25, -0.2) is 0 Å². The van der Waals surface area contributed by atoms with Gasteiger partial charge in [0.15, 0.2) is 0 Å². The van der Waals surface area contributed by atoms with Gasteiger partial charge in [0.2, 0.25) is 5.91 Å². The second kappa shape index (κ2) is 11.2. The predicted molar refractivity (Wildman–Crippen MR) is 92.4 cm³/mol. The van der Waals surface area contributed by atoms with E-state index in [1.807, 2.05) is 25.8 Å². The maximum atomic E-state index is 12.7. The van der Waals surface area contributed by atoms with Crippen LogP contribution in [0, 0.1) is 11.8 Å². The number of carbonyl (C=O) groups is 1. The van der Waals surface area contributed by atoms with Crippen LogP contribution >= 0.6 is 12.4 Å². The Kier molecular flexibility index (Phi) is 10.9. The summed E-state index contributed by atoms with van der Waals surface area (Å²) in [5.74, 6) is 0.258. The zero-order valence-electron chi connectivity index (χ0n) is 14.9. The highest BCUT2D eigenvalue weighted by molar-refractivity contribution is 5.85. The van der Waals surface area contributed by atoms with Crippen molar-refractivity contribution >= 4 is 18.3 Å². The third-order valence-corrected chi connectivity index (χ3v) is 4.18. The van der Waals surface area contributed by atoms with Gasteiger partial charge in [0.25, 0.3) is 0 Å². The molecule has 0 atom stereocenters. The van der Waals surface area contributed by atoms with E-state index in [1.54, 1.807) is 0 Å².